The highest BCUT2D eigenvalue weighted by molar-refractivity contribution is 5.55. The third-order valence-electron chi connectivity index (χ3n) is 3.72. The minimum Gasteiger partial charge on any atom is -0.166 e. The molecule has 0 saturated heterocycles. The molecule has 0 aliphatic heterocycles. The SMILES string of the molecule is Cc1ccc(C)c(Cn2nnc(-c3cccc(C(F)(F)F)c3)n2)c1. The summed E-state index contributed by atoms with van der Waals surface area (Å²) in [5.41, 5.74) is 2.82. The quantitative estimate of drug-likeness (QED) is 0.727. The summed E-state index contributed by atoms with van der Waals surface area (Å²) in [6.45, 7) is 4.39. The van der Waals surface area contributed by atoms with E-state index in [9.17, 15) is 13.2 Å². The van der Waals surface area contributed by atoms with Crippen molar-refractivity contribution in [3.63, 3.8) is 0 Å². The highest BCUT2D eigenvalue weighted by atomic mass is 19.4. The zero-order chi connectivity index (χ0) is 17.3. The molecule has 0 aliphatic rings. The van der Waals surface area contributed by atoms with Crippen LogP contribution in [0.2, 0.25) is 0 Å². The van der Waals surface area contributed by atoms with E-state index in [2.05, 4.69) is 15.4 Å². The maximum absolute atomic E-state index is 12.8. The van der Waals surface area contributed by atoms with Gasteiger partial charge in [0.05, 0.1) is 12.1 Å². The zero-order valence-corrected chi connectivity index (χ0v) is 13.2. The minimum absolute atomic E-state index is 0.173. The molecular formula is C17H15F3N4. The van der Waals surface area contributed by atoms with E-state index in [4.69, 9.17) is 0 Å². The number of aromatic nitrogens is 4. The van der Waals surface area contributed by atoms with E-state index in [0.717, 1.165) is 28.8 Å². The van der Waals surface area contributed by atoms with Crippen molar-refractivity contribution in [2.45, 2.75) is 26.6 Å². The second kappa shape index (κ2) is 6.07. The molecule has 0 saturated carbocycles. The average Bonchev–Trinajstić information content (AvgIpc) is 2.99. The van der Waals surface area contributed by atoms with Gasteiger partial charge in [0, 0.05) is 5.56 Å². The van der Waals surface area contributed by atoms with Crippen LogP contribution in [0, 0.1) is 13.8 Å². The Bertz CT molecular complexity index is 868. The molecule has 3 aromatic rings. The molecule has 0 radical (unpaired) electrons. The first-order chi connectivity index (χ1) is 11.3. The largest absolute Gasteiger partial charge is 0.416 e. The summed E-state index contributed by atoms with van der Waals surface area (Å²) < 4.78 is 38.4. The smallest absolute Gasteiger partial charge is 0.166 e. The number of halogens is 3. The first kappa shape index (κ1) is 16.2. The van der Waals surface area contributed by atoms with Crippen LogP contribution in [0.25, 0.3) is 11.4 Å². The van der Waals surface area contributed by atoms with Crippen LogP contribution in [0.5, 0.6) is 0 Å². The van der Waals surface area contributed by atoms with E-state index in [-0.39, 0.29) is 11.4 Å². The van der Waals surface area contributed by atoms with Crippen LogP contribution in [-0.4, -0.2) is 20.2 Å². The first-order valence-corrected chi connectivity index (χ1v) is 7.34. The molecule has 1 aromatic heterocycles. The Morgan fingerprint density at radius 3 is 2.58 bits per heavy atom. The highest BCUT2D eigenvalue weighted by Gasteiger charge is 2.30. The van der Waals surface area contributed by atoms with Gasteiger partial charge in [-0.2, -0.15) is 18.0 Å². The fourth-order valence-electron chi connectivity index (χ4n) is 2.38. The van der Waals surface area contributed by atoms with Crippen molar-refractivity contribution in [2.75, 3.05) is 0 Å². The molecule has 0 unspecified atom stereocenters. The number of tetrazole rings is 1. The maximum Gasteiger partial charge on any atom is 0.416 e. The second-order valence-corrected chi connectivity index (χ2v) is 5.65. The van der Waals surface area contributed by atoms with Crippen molar-refractivity contribution in [1.29, 1.82) is 0 Å². The zero-order valence-electron chi connectivity index (χ0n) is 13.2. The summed E-state index contributed by atoms with van der Waals surface area (Å²) in [7, 11) is 0. The number of hydrogen-bond donors (Lipinski definition) is 0. The predicted molar refractivity (Wildman–Crippen MR) is 83.3 cm³/mol. The average molecular weight is 332 g/mol. The van der Waals surface area contributed by atoms with Gasteiger partial charge < -0.3 is 0 Å². The number of alkyl halides is 3. The molecule has 7 heteroatoms. The molecule has 0 atom stereocenters. The van der Waals surface area contributed by atoms with Gasteiger partial charge in [-0.1, -0.05) is 35.9 Å². The maximum atomic E-state index is 12.8. The van der Waals surface area contributed by atoms with Crippen molar-refractivity contribution in [3.05, 3.63) is 64.7 Å². The van der Waals surface area contributed by atoms with Crippen LogP contribution in [0.1, 0.15) is 22.3 Å². The van der Waals surface area contributed by atoms with Crippen molar-refractivity contribution in [3.8, 4) is 11.4 Å². The standard InChI is InChI=1S/C17H15F3N4/c1-11-6-7-12(2)14(8-11)10-24-22-16(21-23-24)13-4-3-5-15(9-13)17(18,19)20/h3-9H,10H2,1-2H3. The van der Waals surface area contributed by atoms with Gasteiger partial charge in [-0.15, -0.1) is 10.2 Å². The normalized spacial score (nSPS) is 11.7. The number of aryl methyl sites for hydroxylation is 2. The Balaban J connectivity index is 1.87. The topological polar surface area (TPSA) is 43.6 Å². The lowest BCUT2D eigenvalue weighted by Crippen LogP contribution is -2.06. The summed E-state index contributed by atoms with van der Waals surface area (Å²) in [4.78, 5) is 1.39. The Morgan fingerprint density at radius 1 is 1.04 bits per heavy atom. The number of benzene rings is 2. The van der Waals surface area contributed by atoms with Gasteiger partial charge in [0.15, 0.2) is 0 Å². The van der Waals surface area contributed by atoms with Crippen LogP contribution in [0.4, 0.5) is 13.2 Å². The van der Waals surface area contributed by atoms with Crippen molar-refractivity contribution in [1.82, 2.24) is 20.2 Å². The Labute approximate surface area is 136 Å². The number of nitrogens with zero attached hydrogens (tertiary/aromatic N) is 4. The number of hydrogen-bond acceptors (Lipinski definition) is 3. The summed E-state index contributed by atoms with van der Waals surface area (Å²) in [5, 5.41) is 12.0. The van der Waals surface area contributed by atoms with Crippen LogP contribution in [0.15, 0.2) is 42.5 Å². The van der Waals surface area contributed by atoms with Crippen LogP contribution < -0.4 is 0 Å². The van der Waals surface area contributed by atoms with Gasteiger partial charge in [0.2, 0.25) is 5.82 Å². The molecule has 0 spiro atoms. The molecule has 3 rings (SSSR count). The lowest BCUT2D eigenvalue weighted by atomic mass is 10.1. The molecule has 0 aliphatic carbocycles. The van der Waals surface area contributed by atoms with Gasteiger partial charge in [-0.25, -0.2) is 0 Å². The Kier molecular flexibility index (Phi) is 4.09. The Hall–Kier alpha value is -2.70. The summed E-state index contributed by atoms with van der Waals surface area (Å²) in [5.74, 6) is 0.173. The summed E-state index contributed by atoms with van der Waals surface area (Å²) in [6.07, 6.45) is -4.40. The van der Waals surface area contributed by atoms with Crippen LogP contribution in [-0.2, 0) is 12.7 Å². The highest BCUT2D eigenvalue weighted by Crippen LogP contribution is 2.31. The fourth-order valence-corrected chi connectivity index (χ4v) is 2.38. The second-order valence-electron chi connectivity index (χ2n) is 5.65. The number of rotatable bonds is 3. The van der Waals surface area contributed by atoms with Crippen molar-refractivity contribution >= 4 is 0 Å². The third-order valence-corrected chi connectivity index (χ3v) is 3.72. The molecule has 4 nitrogen and oxygen atoms in total. The van der Waals surface area contributed by atoms with Gasteiger partial charge in [-0.05, 0) is 42.3 Å². The van der Waals surface area contributed by atoms with Crippen molar-refractivity contribution in [2.24, 2.45) is 0 Å². The molecular weight excluding hydrogens is 317 g/mol. The lowest BCUT2D eigenvalue weighted by Gasteiger charge is -2.07. The molecule has 0 bridgehead atoms. The van der Waals surface area contributed by atoms with Gasteiger partial charge in [0.25, 0.3) is 0 Å². The molecule has 2 aromatic carbocycles. The van der Waals surface area contributed by atoms with Crippen LogP contribution in [0.3, 0.4) is 0 Å². The molecule has 1 heterocycles. The van der Waals surface area contributed by atoms with E-state index >= 15 is 0 Å². The molecule has 0 amide bonds. The summed E-state index contributed by atoms with van der Waals surface area (Å²) >= 11 is 0. The van der Waals surface area contributed by atoms with E-state index in [1.807, 2.05) is 32.0 Å². The minimum atomic E-state index is -4.40. The third kappa shape index (κ3) is 3.45. The lowest BCUT2D eigenvalue weighted by molar-refractivity contribution is -0.137. The Morgan fingerprint density at radius 2 is 1.83 bits per heavy atom. The van der Waals surface area contributed by atoms with E-state index in [1.54, 1.807) is 0 Å². The molecule has 124 valence electrons. The monoisotopic (exact) mass is 332 g/mol. The molecule has 0 fully saturated rings. The van der Waals surface area contributed by atoms with E-state index in [1.165, 1.54) is 16.9 Å². The van der Waals surface area contributed by atoms with E-state index in [0.29, 0.717) is 6.54 Å². The summed E-state index contributed by atoms with van der Waals surface area (Å²) in [6, 6.07) is 11.0. The van der Waals surface area contributed by atoms with Crippen molar-refractivity contribution < 1.29 is 13.2 Å². The fraction of sp³-hybridized carbons (Fsp3) is 0.235. The predicted octanol–water partition coefficient (Wildman–Crippen LogP) is 4.02. The van der Waals surface area contributed by atoms with E-state index < -0.39 is 11.7 Å². The van der Waals surface area contributed by atoms with Gasteiger partial charge in [0.1, 0.15) is 0 Å². The molecule has 24 heavy (non-hydrogen) atoms. The van der Waals surface area contributed by atoms with Crippen LogP contribution >= 0.6 is 0 Å². The van der Waals surface area contributed by atoms with Gasteiger partial charge >= 0.3 is 6.18 Å². The first-order valence-electron chi connectivity index (χ1n) is 7.34. The van der Waals surface area contributed by atoms with Gasteiger partial charge in [-0.3, -0.25) is 0 Å². The molecule has 0 N–H and O–H groups in total.